The van der Waals surface area contributed by atoms with Crippen molar-refractivity contribution in [3.8, 4) is 0 Å². The van der Waals surface area contributed by atoms with Gasteiger partial charge in [-0.1, -0.05) is 38.8 Å². The molecule has 5 aliphatic rings. The molecule has 3 saturated carbocycles. The van der Waals surface area contributed by atoms with E-state index in [1.54, 1.807) is 6.92 Å². The van der Waals surface area contributed by atoms with Crippen LogP contribution in [0.2, 0.25) is 0 Å². The molecule has 0 aromatic rings. The van der Waals surface area contributed by atoms with Gasteiger partial charge in [-0.25, -0.2) is 0 Å². The number of aliphatic hydroxyl groups excluding tert-OH is 2. The maximum atomic E-state index is 14.0. The molecule has 1 heterocycles. The lowest BCUT2D eigenvalue weighted by Crippen LogP contribution is -2.64. The summed E-state index contributed by atoms with van der Waals surface area (Å²) in [5, 5.41) is 21.4. The van der Waals surface area contributed by atoms with Crippen molar-refractivity contribution >= 4 is 12.3 Å². The Bertz CT molecular complexity index is 933. The number of aldehydes is 1. The molecule has 4 fully saturated rings. The second kappa shape index (κ2) is 8.87. The van der Waals surface area contributed by atoms with Crippen LogP contribution in [0.25, 0.3) is 0 Å². The number of carbonyl (C=O) groups excluding carboxylic acids is 2. The van der Waals surface area contributed by atoms with Gasteiger partial charge in [0.05, 0.1) is 25.2 Å². The van der Waals surface area contributed by atoms with Crippen LogP contribution in [0.4, 0.5) is 0 Å². The number of allylic oxidation sites excluding steroid dienone is 1. The number of ether oxygens (including phenoxy) is 4. The zero-order valence-corrected chi connectivity index (χ0v) is 22.3. The van der Waals surface area contributed by atoms with Crippen LogP contribution in [0.3, 0.4) is 0 Å². The van der Waals surface area contributed by atoms with E-state index in [0.29, 0.717) is 18.3 Å². The van der Waals surface area contributed by atoms with Gasteiger partial charge in [-0.2, -0.15) is 0 Å². The quantitative estimate of drug-likeness (QED) is 0.308. The van der Waals surface area contributed by atoms with E-state index in [1.807, 2.05) is 0 Å². The third-order valence-corrected chi connectivity index (χ3v) is 10.8. The highest BCUT2D eigenvalue weighted by atomic mass is 16.7. The number of hydrogen-bond donors (Lipinski definition) is 2. The predicted molar refractivity (Wildman–Crippen MR) is 129 cm³/mol. The highest BCUT2D eigenvalue weighted by Gasteiger charge is 2.84. The summed E-state index contributed by atoms with van der Waals surface area (Å²) in [4.78, 5) is 27.3. The first kappa shape index (κ1) is 26.3. The Morgan fingerprint density at radius 3 is 2.53 bits per heavy atom. The van der Waals surface area contributed by atoms with Crippen LogP contribution in [-0.4, -0.2) is 74.0 Å². The largest absolute Gasteiger partial charge is 0.468 e. The predicted octanol–water partition coefficient (Wildman–Crippen LogP) is 2.50. The highest BCUT2D eigenvalue weighted by molar-refractivity contribution is 5.91. The smallest absolute Gasteiger partial charge is 0.317 e. The zero-order valence-electron chi connectivity index (χ0n) is 22.3. The van der Waals surface area contributed by atoms with E-state index < -0.39 is 47.0 Å². The standard InChI is InChI=1S/C28H42O8/c1-14(2)20-9-17-10-26(12-29)19-8-7-15(3)18(19)11-27(17,28(20,26)25(32)34-6)13-35-24-22(31)21(30)23(33-5)16(4)36-24/h9,12,14-19,21-24,30-31H,7-8,10-11,13H2,1-6H3/t15-,16-,17+,18-,19-,21+,22+,23-,24-,26+,27+,28+/m1/s1. The highest BCUT2D eigenvalue weighted by Crippen LogP contribution is 2.82. The number of carbonyl (C=O) groups is 2. The van der Waals surface area contributed by atoms with Crippen LogP contribution in [0.15, 0.2) is 11.6 Å². The molecule has 5 rings (SSSR count). The lowest BCUT2D eigenvalue weighted by Gasteiger charge is -2.59. The van der Waals surface area contributed by atoms with E-state index in [4.69, 9.17) is 18.9 Å². The number of methoxy groups -OCH3 is 2. The molecule has 4 bridgehead atoms. The topological polar surface area (TPSA) is 112 Å². The molecule has 0 spiro atoms. The first-order valence-electron chi connectivity index (χ1n) is 13.5. The Hall–Kier alpha value is -1.32. The average Bonchev–Trinajstić information content (AvgIpc) is 3.42. The Morgan fingerprint density at radius 2 is 1.92 bits per heavy atom. The summed E-state index contributed by atoms with van der Waals surface area (Å²) in [7, 11) is 2.88. The van der Waals surface area contributed by atoms with Gasteiger partial charge in [0.1, 0.15) is 30.0 Å². The Kier molecular flexibility index (Phi) is 6.48. The molecular formula is C28H42O8. The molecule has 4 aliphatic carbocycles. The third kappa shape index (κ3) is 2.99. The Morgan fingerprint density at radius 1 is 1.19 bits per heavy atom. The maximum absolute atomic E-state index is 14.0. The van der Waals surface area contributed by atoms with Gasteiger partial charge >= 0.3 is 5.97 Å². The van der Waals surface area contributed by atoms with Gasteiger partial charge in [0.25, 0.3) is 0 Å². The van der Waals surface area contributed by atoms with E-state index >= 15 is 0 Å². The number of aliphatic hydroxyl groups is 2. The van der Waals surface area contributed by atoms with Crippen LogP contribution in [-0.2, 0) is 28.5 Å². The molecule has 0 aromatic carbocycles. The van der Waals surface area contributed by atoms with Crippen molar-refractivity contribution < 1.29 is 38.7 Å². The number of esters is 1. The molecule has 12 atom stereocenters. The summed E-state index contributed by atoms with van der Waals surface area (Å²) in [5.74, 6) is 0.571. The summed E-state index contributed by atoms with van der Waals surface area (Å²) < 4.78 is 23.2. The minimum absolute atomic E-state index is 0.0215. The number of hydrogen-bond acceptors (Lipinski definition) is 8. The number of rotatable bonds is 7. The fraction of sp³-hybridized carbons (Fsp3) is 0.857. The van der Waals surface area contributed by atoms with Gasteiger partial charge in [-0.3, -0.25) is 4.79 Å². The maximum Gasteiger partial charge on any atom is 0.317 e. The van der Waals surface area contributed by atoms with Crippen molar-refractivity contribution in [2.75, 3.05) is 20.8 Å². The zero-order chi connectivity index (χ0) is 26.2. The van der Waals surface area contributed by atoms with Crippen LogP contribution in [0.1, 0.15) is 53.4 Å². The van der Waals surface area contributed by atoms with Gasteiger partial charge in [0.2, 0.25) is 0 Å². The first-order valence-corrected chi connectivity index (χ1v) is 13.5. The van der Waals surface area contributed by atoms with E-state index in [1.165, 1.54) is 14.2 Å². The summed E-state index contributed by atoms with van der Waals surface area (Å²) in [6.45, 7) is 8.30. The van der Waals surface area contributed by atoms with Crippen molar-refractivity contribution in [2.45, 2.75) is 84.1 Å². The second-order valence-corrected chi connectivity index (χ2v) is 12.4. The average molecular weight is 507 g/mol. The van der Waals surface area contributed by atoms with E-state index in [2.05, 4.69) is 26.8 Å². The minimum atomic E-state index is -1.30. The molecule has 36 heavy (non-hydrogen) atoms. The van der Waals surface area contributed by atoms with Crippen molar-refractivity contribution in [3.63, 3.8) is 0 Å². The molecule has 1 aliphatic heterocycles. The Balaban J connectivity index is 1.59. The van der Waals surface area contributed by atoms with Crippen molar-refractivity contribution in [1.82, 2.24) is 0 Å². The van der Waals surface area contributed by atoms with Crippen molar-refractivity contribution in [2.24, 2.45) is 45.8 Å². The van der Waals surface area contributed by atoms with Gasteiger partial charge in [0, 0.05) is 12.5 Å². The van der Waals surface area contributed by atoms with Gasteiger partial charge in [0.15, 0.2) is 6.29 Å². The Labute approximate surface area is 213 Å². The molecule has 0 radical (unpaired) electrons. The van der Waals surface area contributed by atoms with Crippen LogP contribution in [0.5, 0.6) is 0 Å². The molecule has 0 aromatic heterocycles. The number of fused-ring (bicyclic) bond motifs is 2. The minimum Gasteiger partial charge on any atom is -0.468 e. The summed E-state index contributed by atoms with van der Waals surface area (Å²) >= 11 is 0. The van der Waals surface area contributed by atoms with Gasteiger partial charge in [-0.05, 0) is 55.8 Å². The summed E-state index contributed by atoms with van der Waals surface area (Å²) in [6.07, 6.45) is 1.94. The molecule has 202 valence electrons. The van der Waals surface area contributed by atoms with Crippen LogP contribution >= 0.6 is 0 Å². The fourth-order valence-electron chi connectivity index (χ4n) is 9.47. The molecule has 1 saturated heterocycles. The van der Waals surface area contributed by atoms with Gasteiger partial charge < -0.3 is 34.0 Å². The SMILES string of the molecule is COC(=O)[C@@]12C(C(C)C)=C[C@H]3C[C@]1(C=O)[C@@H]1CC[C@@H](C)[C@H]1C[C@]32CO[C@@H]1O[C@H](C)[C@@H](OC)[C@@H](O)[C@@H]1O. The third-order valence-electron chi connectivity index (χ3n) is 10.8. The normalized spacial score (nSPS) is 51.2. The van der Waals surface area contributed by atoms with E-state index in [-0.39, 0.29) is 30.3 Å². The molecule has 8 nitrogen and oxygen atoms in total. The lowest BCUT2D eigenvalue weighted by molar-refractivity contribution is -0.307. The fourth-order valence-corrected chi connectivity index (χ4v) is 9.47. The summed E-state index contributed by atoms with van der Waals surface area (Å²) in [6, 6.07) is 0. The second-order valence-electron chi connectivity index (χ2n) is 12.4. The summed E-state index contributed by atoms with van der Waals surface area (Å²) in [5.41, 5.74) is -1.65. The van der Waals surface area contributed by atoms with Crippen molar-refractivity contribution in [3.05, 3.63) is 11.6 Å². The van der Waals surface area contributed by atoms with E-state index in [9.17, 15) is 19.8 Å². The van der Waals surface area contributed by atoms with Crippen LogP contribution < -0.4 is 0 Å². The van der Waals surface area contributed by atoms with Crippen molar-refractivity contribution in [1.29, 1.82) is 0 Å². The molecule has 8 heteroatoms. The molecule has 2 N–H and O–H groups in total. The monoisotopic (exact) mass is 506 g/mol. The lowest BCUT2D eigenvalue weighted by atomic mass is 9.43. The molecular weight excluding hydrogens is 464 g/mol. The van der Waals surface area contributed by atoms with Crippen LogP contribution in [0, 0.1) is 45.8 Å². The molecule has 0 unspecified atom stereocenters. The van der Waals surface area contributed by atoms with Gasteiger partial charge in [-0.15, -0.1) is 0 Å². The van der Waals surface area contributed by atoms with E-state index in [0.717, 1.165) is 31.1 Å². The first-order chi connectivity index (χ1) is 17.1. The molecule has 0 amide bonds.